The van der Waals surface area contributed by atoms with Crippen LogP contribution in [0.3, 0.4) is 0 Å². The third kappa shape index (κ3) is 27.1. The maximum atomic E-state index is 11.6. The molecule has 0 rings (SSSR count). The molecule has 0 aliphatic heterocycles. The molecule has 0 aromatic carbocycles. The van der Waals surface area contributed by atoms with Crippen molar-refractivity contribution in [1.82, 2.24) is 0 Å². The van der Waals surface area contributed by atoms with E-state index in [1.807, 2.05) is 0 Å². The number of hydrogen-bond donors (Lipinski definition) is 1. The zero-order valence-electron chi connectivity index (χ0n) is 20.7. The molecule has 0 bridgehead atoms. The molecule has 32 heavy (non-hydrogen) atoms. The van der Waals surface area contributed by atoms with E-state index in [0.29, 0.717) is 32.8 Å². The second-order valence-corrected chi connectivity index (χ2v) is 8.12. The van der Waals surface area contributed by atoms with Gasteiger partial charge in [-0.25, -0.2) is 0 Å². The number of carbonyl (C=O) groups is 1. The van der Waals surface area contributed by atoms with Crippen LogP contribution in [0.25, 0.3) is 0 Å². The molecule has 190 valence electrons. The van der Waals surface area contributed by atoms with E-state index in [-0.39, 0.29) is 19.2 Å². The summed E-state index contributed by atoms with van der Waals surface area (Å²) in [7, 11) is 0. The van der Waals surface area contributed by atoms with Crippen molar-refractivity contribution in [2.24, 2.45) is 0 Å². The minimum Gasteiger partial charge on any atom is -0.463 e. The topological polar surface area (TPSA) is 74.2 Å². The van der Waals surface area contributed by atoms with Crippen LogP contribution in [-0.2, 0) is 23.7 Å². The van der Waals surface area contributed by atoms with Crippen LogP contribution in [0.5, 0.6) is 0 Å². The van der Waals surface area contributed by atoms with Gasteiger partial charge in [-0.3, -0.25) is 4.79 Å². The largest absolute Gasteiger partial charge is 0.463 e. The molecule has 0 aromatic heterocycles. The van der Waals surface area contributed by atoms with Crippen LogP contribution in [0, 0.1) is 0 Å². The van der Waals surface area contributed by atoms with E-state index in [9.17, 15) is 4.79 Å². The number of aliphatic hydroxyl groups excluding tert-OH is 1. The van der Waals surface area contributed by atoms with Crippen molar-refractivity contribution in [2.75, 3.05) is 52.9 Å². The maximum absolute atomic E-state index is 11.6. The molecule has 0 fully saturated rings. The summed E-state index contributed by atoms with van der Waals surface area (Å²) < 4.78 is 21.2. The van der Waals surface area contributed by atoms with Crippen LogP contribution in [0.2, 0.25) is 0 Å². The van der Waals surface area contributed by atoms with Gasteiger partial charge in [-0.1, -0.05) is 70.4 Å². The highest BCUT2D eigenvalue weighted by atomic mass is 16.6. The molecule has 6 nitrogen and oxygen atoms in total. The smallest absolute Gasteiger partial charge is 0.305 e. The minimum atomic E-state index is -0.151. The zero-order valence-corrected chi connectivity index (χ0v) is 20.7. The fourth-order valence-corrected chi connectivity index (χ4v) is 3.21. The molecule has 0 amide bonds. The van der Waals surface area contributed by atoms with Crippen molar-refractivity contribution in [2.45, 2.75) is 96.8 Å². The van der Waals surface area contributed by atoms with E-state index < -0.39 is 0 Å². The summed E-state index contributed by atoms with van der Waals surface area (Å²) in [5.74, 6) is -0.151. The zero-order chi connectivity index (χ0) is 23.4. The first-order valence-electron chi connectivity index (χ1n) is 13.0. The highest BCUT2D eigenvalue weighted by Gasteiger charge is 2.02. The van der Waals surface area contributed by atoms with Gasteiger partial charge in [0.2, 0.25) is 0 Å². The van der Waals surface area contributed by atoms with Crippen molar-refractivity contribution in [3.8, 4) is 0 Å². The summed E-state index contributed by atoms with van der Waals surface area (Å²) in [6, 6.07) is 0. The normalized spacial score (nSPS) is 11.4. The van der Waals surface area contributed by atoms with Crippen molar-refractivity contribution < 1.29 is 28.8 Å². The molecular formula is C26H50O6. The molecule has 0 radical (unpaired) electrons. The number of unbranched alkanes of at least 4 members (excludes halogenated alkanes) is 10. The number of carbonyl (C=O) groups excluding carboxylic acids is 1. The number of ether oxygens (including phenoxy) is 4. The number of rotatable bonds is 26. The molecule has 6 heteroatoms. The minimum absolute atomic E-state index is 0.0170. The standard InChI is InChI=1S/C26H50O6/c1-2-3-4-5-9-12-15-19-29-20-16-13-10-7-6-8-11-14-17-26(28)32-25-24-31-23-22-30-21-18-27/h10,13,27H,2-9,11-12,14-25H2,1H3. The Labute approximate surface area is 197 Å². The van der Waals surface area contributed by atoms with Crippen LogP contribution in [0.4, 0.5) is 0 Å². The van der Waals surface area contributed by atoms with Crippen molar-refractivity contribution in [3.05, 3.63) is 12.2 Å². The Morgan fingerprint density at radius 1 is 0.625 bits per heavy atom. The molecule has 0 spiro atoms. The lowest BCUT2D eigenvalue weighted by Crippen LogP contribution is -2.13. The van der Waals surface area contributed by atoms with Crippen LogP contribution < -0.4 is 0 Å². The highest BCUT2D eigenvalue weighted by molar-refractivity contribution is 5.69. The van der Waals surface area contributed by atoms with Crippen LogP contribution in [0.15, 0.2) is 12.2 Å². The summed E-state index contributed by atoms with van der Waals surface area (Å²) in [6.45, 7) is 5.87. The molecular weight excluding hydrogens is 408 g/mol. The van der Waals surface area contributed by atoms with E-state index in [2.05, 4.69) is 19.1 Å². The Bertz CT molecular complexity index is 400. The lowest BCUT2D eigenvalue weighted by Gasteiger charge is -2.06. The predicted octanol–water partition coefficient (Wildman–Crippen LogP) is 5.61. The lowest BCUT2D eigenvalue weighted by molar-refractivity contribution is -0.145. The summed E-state index contributed by atoms with van der Waals surface area (Å²) >= 11 is 0. The van der Waals surface area contributed by atoms with Gasteiger partial charge in [-0.15, -0.1) is 0 Å². The first-order chi connectivity index (χ1) is 15.8. The third-order valence-electron chi connectivity index (χ3n) is 5.09. The molecule has 0 saturated carbocycles. The Balaban J connectivity index is 3.19. The van der Waals surface area contributed by atoms with Gasteiger partial charge in [0.1, 0.15) is 6.61 Å². The molecule has 0 atom stereocenters. The van der Waals surface area contributed by atoms with E-state index >= 15 is 0 Å². The highest BCUT2D eigenvalue weighted by Crippen LogP contribution is 2.08. The van der Waals surface area contributed by atoms with E-state index in [4.69, 9.17) is 24.1 Å². The van der Waals surface area contributed by atoms with Crippen LogP contribution in [-0.4, -0.2) is 63.9 Å². The van der Waals surface area contributed by atoms with Gasteiger partial charge in [0, 0.05) is 13.0 Å². The Morgan fingerprint density at radius 2 is 1.22 bits per heavy atom. The number of allylic oxidation sites excluding steroid dienone is 1. The Morgan fingerprint density at radius 3 is 2.00 bits per heavy atom. The average Bonchev–Trinajstić information content (AvgIpc) is 2.80. The van der Waals surface area contributed by atoms with Gasteiger partial charge in [0.15, 0.2) is 0 Å². The second kappa shape index (κ2) is 28.1. The molecule has 0 heterocycles. The van der Waals surface area contributed by atoms with E-state index in [1.165, 1.54) is 44.9 Å². The molecule has 0 saturated heterocycles. The van der Waals surface area contributed by atoms with Crippen molar-refractivity contribution in [1.29, 1.82) is 0 Å². The predicted molar refractivity (Wildman–Crippen MR) is 130 cm³/mol. The summed E-state index contributed by atoms with van der Waals surface area (Å²) in [5.41, 5.74) is 0. The Kier molecular flexibility index (Phi) is 27.2. The van der Waals surface area contributed by atoms with Crippen LogP contribution >= 0.6 is 0 Å². The monoisotopic (exact) mass is 458 g/mol. The summed E-state index contributed by atoms with van der Waals surface area (Å²) in [6.07, 6.45) is 20.6. The summed E-state index contributed by atoms with van der Waals surface area (Å²) in [5, 5.41) is 8.56. The van der Waals surface area contributed by atoms with Gasteiger partial charge >= 0.3 is 5.97 Å². The van der Waals surface area contributed by atoms with Gasteiger partial charge in [-0.2, -0.15) is 0 Å². The van der Waals surface area contributed by atoms with Gasteiger partial charge in [0.05, 0.1) is 39.6 Å². The average molecular weight is 459 g/mol. The van der Waals surface area contributed by atoms with Crippen LogP contribution in [0.1, 0.15) is 96.8 Å². The van der Waals surface area contributed by atoms with E-state index in [1.54, 1.807) is 0 Å². The van der Waals surface area contributed by atoms with Gasteiger partial charge in [-0.05, 0) is 32.1 Å². The number of hydrogen-bond acceptors (Lipinski definition) is 6. The lowest BCUT2D eigenvalue weighted by atomic mass is 10.1. The first kappa shape index (κ1) is 31.0. The second-order valence-electron chi connectivity index (χ2n) is 8.12. The van der Waals surface area contributed by atoms with E-state index in [0.717, 1.165) is 51.7 Å². The first-order valence-corrected chi connectivity index (χ1v) is 13.0. The van der Waals surface area contributed by atoms with Crippen molar-refractivity contribution >= 4 is 5.97 Å². The SMILES string of the molecule is CCCCCCCCCOCCC=CCCCCCCC(=O)OCCOCCOCCO. The third-order valence-corrected chi connectivity index (χ3v) is 5.09. The number of esters is 1. The fourth-order valence-electron chi connectivity index (χ4n) is 3.21. The quantitative estimate of drug-likeness (QED) is 0.103. The Hall–Kier alpha value is -0.950. The maximum Gasteiger partial charge on any atom is 0.305 e. The molecule has 0 aromatic rings. The fraction of sp³-hybridized carbons (Fsp3) is 0.885. The molecule has 0 aliphatic carbocycles. The summed E-state index contributed by atoms with van der Waals surface area (Å²) in [4.78, 5) is 11.6. The molecule has 1 N–H and O–H groups in total. The van der Waals surface area contributed by atoms with Gasteiger partial charge < -0.3 is 24.1 Å². The molecule has 0 aliphatic rings. The molecule has 0 unspecified atom stereocenters. The van der Waals surface area contributed by atoms with Crippen molar-refractivity contribution in [3.63, 3.8) is 0 Å². The number of aliphatic hydroxyl groups is 1. The van der Waals surface area contributed by atoms with Gasteiger partial charge in [0.25, 0.3) is 0 Å².